The molecule has 0 aromatic carbocycles. The van der Waals surface area contributed by atoms with Gasteiger partial charge in [0.1, 0.15) is 5.54 Å². The van der Waals surface area contributed by atoms with Crippen molar-refractivity contribution in [1.29, 1.82) is 5.26 Å². The van der Waals surface area contributed by atoms with Crippen LogP contribution in [0.25, 0.3) is 0 Å². The predicted octanol–water partition coefficient (Wildman–Crippen LogP) is 0.955. The first kappa shape index (κ1) is 14.8. The molecule has 1 amide bonds. The second kappa shape index (κ2) is 6.38. The van der Waals surface area contributed by atoms with Crippen molar-refractivity contribution in [2.45, 2.75) is 26.3 Å². The van der Waals surface area contributed by atoms with Crippen LogP contribution in [0.1, 0.15) is 20.8 Å². The van der Waals surface area contributed by atoms with Crippen LogP contribution >= 0.6 is 11.8 Å². The maximum atomic E-state index is 11.7. The Labute approximate surface area is 99.4 Å². The Balaban J connectivity index is 4.56. The first-order valence-corrected chi connectivity index (χ1v) is 6.02. The first-order valence-electron chi connectivity index (χ1n) is 4.86. The molecule has 0 heterocycles. The number of rotatable bonds is 6. The summed E-state index contributed by atoms with van der Waals surface area (Å²) in [7, 11) is 0. The quantitative estimate of drug-likeness (QED) is 0.704. The highest BCUT2D eigenvalue weighted by molar-refractivity contribution is 8.00. The van der Waals surface area contributed by atoms with Gasteiger partial charge in [-0.15, -0.1) is 11.8 Å². The van der Waals surface area contributed by atoms with E-state index in [-0.39, 0.29) is 17.4 Å². The number of nitrogens with zero attached hydrogens (tertiary/aromatic N) is 2. The van der Waals surface area contributed by atoms with Crippen LogP contribution in [0.2, 0.25) is 0 Å². The number of carboxylic acids is 1. The molecule has 0 fully saturated rings. The molecular weight excluding hydrogens is 228 g/mol. The van der Waals surface area contributed by atoms with Crippen molar-refractivity contribution < 1.29 is 14.7 Å². The largest absolute Gasteiger partial charge is 0.480 e. The van der Waals surface area contributed by atoms with Crippen LogP contribution in [0.4, 0.5) is 0 Å². The van der Waals surface area contributed by atoms with Gasteiger partial charge in [-0.05, 0) is 20.8 Å². The van der Waals surface area contributed by atoms with E-state index in [0.29, 0.717) is 6.54 Å². The van der Waals surface area contributed by atoms with Gasteiger partial charge in [-0.25, -0.2) is 4.79 Å². The number of likely N-dealkylation sites (N-methyl/N-ethyl adjacent to an activating group) is 1. The lowest BCUT2D eigenvalue weighted by Gasteiger charge is -2.34. The van der Waals surface area contributed by atoms with Gasteiger partial charge in [0.05, 0.1) is 17.6 Å². The van der Waals surface area contributed by atoms with E-state index in [4.69, 9.17) is 10.4 Å². The van der Waals surface area contributed by atoms with Gasteiger partial charge in [0.25, 0.3) is 0 Å². The monoisotopic (exact) mass is 244 g/mol. The molecule has 0 radical (unpaired) electrons. The van der Waals surface area contributed by atoms with Crippen molar-refractivity contribution in [3.8, 4) is 6.07 Å². The van der Waals surface area contributed by atoms with Crippen molar-refractivity contribution in [3.05, 3.63) is 0 Å². The molecule has 1 N–H and O–H groups in total. The van der Waals surface area contributed by atoms with Gasteiger partial charge in [0.2, 0.25) is 5.91 Å². The smallest absolute Gasteiger partial charge is 0.329 e. The molecule has 0 aliphatic heterocycles. The van der Waals surface area contributed by atoms with Crippen molar-refractivity contribution in [3.63, 3.8) is 0 Å². The fraction of sp³-hybridized carbons (Fsp3) is 0.700. The number of carbonyl (C=O) groups excluding carboxylic acids is 1. The molecule has 0 bridgehead atoms. The fourth-order valence-corrected chi connectivity index (χ4v) is 1.78. The van der Waals surface area contributed by atoms with Crippen molar-refractivity contribution in [2.24, 2.45) is 0 Å². The molecule has 0 rings (SSSR count). The number of carboxylic acid groups (broad SMARTS) is 1. The van der Waals surface area contributed by atoms with Crippen LogP contribution in [0, 0.1) is 11.3 Å². The van der Waals surface area contributed by atoms with E-state index in [1.807, 2.05) is 6.07 Å². The zero-order valence-corrected chi connectivity index (χ0v) is 10.5. The van der Waals surface area contributed by atoms with Gasteiger partial charge in [0, 0.05) is 6.54 Å². The molecule has 0 saturated heterocycles. The zero-order chi connectivity index (χ0) is 12.8. The highest BCUT2D eigenvalue weighted by atomic mass is 32.2. The topological polar surface area (TPSA) is 81.4 Å². The summed E-state index contributed by atoms with van der Waals surface area (Å²) in [4.78, 5) is 24.0. The molecule has 0 saturated carbocycles. The summed E-state index contributed by atoms with van der Waals surface area (Å²) in [6, 6.07) is 1.92. The van der Waals surface area contributed by atoms with Crippen LogP contribution in [-0.4, -0.2) is 45.5 Å². The molecule has 0 aliphatic rings. The molecule has 16 heavy (non-hydrogen) atoms. The van der Waals surface area contributed by atoms with Gasteiger partial charge >= 0.3 is 5.97 Å². The van der Waals surface area contributed by atoms with E-state index >= 15 is 0 Å². The Morgan fingerprint density at radius 3 is 2.44 bits per heavy atom. The number of hydrogen-bond acceptors (Lipinski definition) is 4. The molecule has 0 unspecified atom stereocenters. The number of hydrogen-bond donors (Lipinski definition) is 1. The summed E-state index contributed by atoms with van der Waals surface area (Å²) < 4.78 is 0. The first-order chi connectivity index (χ1) is 7.37. The van der Waals surface area contributed by atoms with Gasteiger partial charge in [-0.3, -0.25) is 4.79 Å². The highest BCUT2D eigenvalue weighted by Crippen LogP contribution is 2.16. The average Bonchev–Trinajstić information content (AvgIpc) is 2.18. The summed E-state index contributed by atoms with van der Waals surface area (Å²) >= 11 is 1.19. The van der Waals surface area contributed by atoms with E-state index in [9.17, 15) is 9.59 Å². The molecule has 0 spiro atoms. The number of nitriles is 1. The average molecular weight is 244 g/mol. The third-order valence-electron chi connectivity index (χ3n) is 2.21. The second-order valence-electron chi connectivity index (χ2n) is 3.65. The summed E-state index contributed by atoms with van der Waals surface area (Å²) in [6.07, 6.45) is 0. The SMILES string of the molecule is CCN(C(=O)CSCC#N)C(C)(C)C(=O)O. The number of carbonyl (C=O) groups is 2. The Kier molecular flexibility index (Phi) is 5.89. The molecule has 6 heteroatoms. The molecule has 90 valence electrons. The number of aliphatic carboxylic acids is 1. The summed E-state index contributed by atoms with van der Waals surface area (Å²) in [6.45, 7) is 5.06. The maximum Gasteiger partial charge on any atom is 0.329 e. The number of amides is 1. The minimum atomic E-state index is -1.21. The molecular formula is C10H16N2O3S. The lowest BCUT2D eigenvalue weighted by atomic mass is 10.0. The predicted molar refractivity (Wildman–Crippen MR) is 62.0 cm³/mol. The third-order valence-corrected chi connectivity index (χ3v) is 2.99. The Morgan fingerprint density at radius 2 is 2.06 bits per heavy atom. The number of thioether (sulfide) groups is 1. The van der Waals surface area contributed by atoms with Crippen molar-refractivity contribution >= 4 is 23.6 Å². The maximum absolute atomic E-state index is 11.7. The zero-order valence-electron chi connectivity index (χ0n) is 9.69. The lowest BCUT2D eigenvalue weighted by molar-refractivity contribution is -0.155. The van der Waals surface area contributed by atoms with Gasteiger partial charge in [-0.2, -0.15) is 5.26 Å². The Bertz CT molecular complexity index is 310. The van der Waals surface area contributed by atoms with E-state index in [1.54, 1.807) is 6.92 Å². The normalized spacial score (nSPS) is 10.6. The van der Waals surface area contributed by atoms with Gasteiger partial charge < -0.3 is 10.0 Å². The second-order valence-corrected chi connectivity index (χ2v) is 4.64. The van der Waals surface area contributed by atoms with Gasteiger partial charge in [0.15, 0.2) is 0 Å². The van der Waals surface area contributed by atoms with Crippen molar-refractivity contribution in [1.82, 2.24) is 4.90 Å². The van der Waals surface area contributed by atoms with Gasteiger partial charge in [-0.1, -0.05) is 0 Å². The van der Waals surface area contributed by atoms with Crippen molar-refractivity contribution in [2.75, 3.05) is 18.1 Å². The van der Waals surface area contributed by atoms with Crippen LogP contribution in [0.5, 0.6) is 0 Å². The summed E-state index contributed by atoms with van der Waals surface area (Å²) in [5.74, 6) is -0.919. The molecule has 0 aromatic heterocycles. The van der Waals surface area contributed by atoms with Crippen LogP contribution in [-0.2, 0) is 9.59 Å². The highest BCUT2D eigenvalue weighted by Gasteiger charge is 2.36. The molecule has 5 nitrogen and oxygen atoms in total. The van der Waals surface area contributed by atoms with Crippen LogP contribution in [0.15, 0.2) is 0 Å². The Morgan fingerprint density at radius 1 is 1.50 bits per heavy atom. The molecule has 0 aromatic rings. The van der Waals surface area contributed by atoms with E-state index in [2.05, 4.69) is 0 Å². The minimum absolute atomic E-state index is 0.137. The van der Waals surface area contributed by atoms with Crippen LogP contribution < -0.4 is 0 Å². The Hall–Kier alpha value is -1.22. The summed E-state index contributed by atoms with van der Waals surface area (Å²) in [5, 5.41) is 17.3. The summed E-state index contributed by atoms with van der Waals surface area (Å²) in [5.41, 5.74) is -1.21. The minimum Gasteiger partial charge on any atom is -0.480 e. The fourth-order valence-electron chi connectivity index (χ4n) is 1.26. The van der Waals surface area contributed by atoms with E-state index in [0.717, 1.165) is 0 Å². The molecule has 0 atom stereocenters. The lowest BCUT2D eigenvalue weighted by Crippen LogP contribution is -2.53. The van der Waals surface area contributed by atoms with E-state index < -0.39 is 11.5 Å². The standard InChI is InChI=1S/C10H16N2O3S/c1-4-12(10(2,3)9(14)15)8(13)7-16-6-5-11/h4,6-7H2,1-3H3,(H,14,15). The molecule has 0 aliphatic carbocycles. The third kappa shape index (κ3) is 3.74. The van der Waals surface area contributed by atoms with Crippen LogP contribution in [0.3, 0.4) is 0 Å². The van der Waals surface area contributed by atoms with E-state index in [1.165, 1.54) is 30.5 Å².